The zero-order valence-corrected chi connectivity index (χ0v) is 10.5. The minimum atomic E-state index is -1.22. The summed E-state index contributed by atoms with van der Waals surface area (Å²) in [5.41, 5.74) is 6.05. The molecular formula is C10H16N2O4S. The predicted molar refractivity (Wildman–Crippen MR) is 63.5 cm³/mol. The number of nitrogens with two attached hydrogens (primary N) is 1. The molecule has 1 aromatic rings. The molecule has 2 unspecified atom stereocenters. The molecule has 0 fully saturated rings. The Bertz CT molecular complexity index is 394. The van der Waals surface area contributed by atoms with E-state index in [-0.39, 0.29) is 13.0 Å². The summed E-state index contributed by atoms with van der Waals surface area (Å²) in [4.78, 5) is 15.6. The van der Waals surface area contributed by atoms with Crippen LogP contribution in [0, 0.1) is 6.92 Å². The third-order valence-corrected chi connectivity index (χ3v) is 3.22. The zero-order valence-electron chi connectivity index (χ0n) is 9.71. The Labute approximate surface area is 103 Å². The second-order valence-electron chi connectivity index (χ2n) is 3.52. The number of nitrogen functional groups attached to an aromatic ring is 1. The van der Waals surface area contributed by atoms with E-state index < -0.39 is 18.2 Å². The molecule has 17 heavy (non-hydrogen) atoms. The molecule has 0 aliphatic carbocycles. The number of hydrogen-bond donors (Lipinski definition) is 3. The molecule has 0 bridgehead atoms. The van der Waals surface area contributed by atoms with Crippen LogP contribution in [-0.4, -0.2) is 33.9 Å². The van der Waals surface area contributed by atoms with Crippen LogP contribution in [0.4, 0.5) is 5.13 Å². The molecule has 1 rings (SSSR count). The molecule has 96 valence electrons. The highest BCUT2D eigenvalue weighted by molar-refractivity contribution is 7.15. The average molecular weight is 260 g/mol. The summed E-state index contributed by atoms with van der Waals surface area (Å²) >= 11 is 1.10. The summed E-state index contributed by atoms with van der Waals surface area (Å²) in [6.45, 7) is 3.60. The molecule has 0 spiro atoms. The fourth-order valence-electron chi connectivity index (χ4n) is 1.38. The lowest BCUT2D eigenvalue weighted by molar-refractivity contribution is -0.147. The van der Waals surface area contributed by atoms with E-state index in [2.05, 4.69) is 9.72 Å². The minimum absolute atomic E-state index is 0.244. The summed E-state index contributed by atoms with van der Waals surface area (Å²) in [6, 6.07) is 0. The van der Waals surface area contributed by atoms with Crippen LogP contribution in [0.3, 0.4) is 0 Å². The molecule has 2 atom stereocenters. The number of rotatable bonds is 5. The van der Waals surface area contributed by atoms with Gasteiger partial charge < -0.3 is 20.7 Å². The molecule has 6 nitrogen and oxygen atoms in total. The van der Waals surface area contributed by atoms with Gasteiger partial charge in [-0.25, -0.2) is 4.98 Å². The van der Waals surface area contributed by atoms with E-state index in [1.807, 2.05) is 0 Å². The number of carbonyl (C=O) groups is 1. The van der Waals surface area contributed by atoms with Gasteiger partial charge in [-0.3, -0.25) is 4.79 Å². The Balaban J connectivity index is 2.66. The van der Waals surface area contributed by atoms with Crippen molar-refractivity contribution in [2.75, 3.05) is 12.3 Å². The molecule has 0 aliphatic heterocycles. The molecule has 0 amide bonds. The minimum Gasteiger partial charge on any atom is -0.466 e. The van der Waals surface area contributed by atoms with E-state index in [9.17, 15) is 15.0 Å². The number of aliphatic hydroxyl groups is 2. The van der Waals surface area contributed by atoms with Crippen molar-refractivity contribution in [3.05, 3.63) is 10.6 Å². The molecule has 0 aromatic carbocycles. The third-order valence-electron chi connectivity index (χ3n) is 2.16. The molecule has 1 heterocycles. The lowest BCUT2D eigenvalue weighted by atomic mass is 10.1. The van der Waals surface area contributed by atoms with E-state index in [4.69, 9.17) is 5.73 Å². The van der Waals surface area contributed by atoms with E-state index in [0.29, 0.717) is 15.7 Å². The third kappa shape index (κ3) is 3.65. The van der Waals surface area contributed by atoms with Crippen LogP contribution >= 0.6 is 11.3 Å². The van der Waals surface area contributed by atoms with Crippen LogP contribution in [0.25, 0.3) is 0 Å². The first-order chi connectivity index (χ1) is 7.95. The first-order valence-corrected chi connectivity index (χ1v) is 6.01. The Kier molecular flexibility index (Phi) is 4.86. The summed E-state index contributed by atoms with van der Waals surface area (Å²) in [5, 5.41) is 19.9. The SMILES string of the molecule is CCOC(=O)CC(O)C(O)c1sc(N)nc1C. The first-order valence-electron chi connectivity index (χ1n) is 5.20. The summed E-state index contributed by atoms with van der Waals surface area (Å²) in [6.07, 6.45) is -2.64. The number of aromatic nitrogens is 1. The normalized spacial score (nSPS) is 14.4. The van der Waals surface area contributed by atoms with E-state index >= 15 is 0 Å². The second kappa shape index (κ2) is 5.95. The maximum absolute atomic E-state index is 11.1. The lowest BCUT2D eigenvalue weighted by Crippen LogP contribution is -2.23. The monoisotopic (exact) mass is 260 g/mol. The number of aliphatic hydroxyl groups excluding tert-OH is 2. The van der Waals surface area contributed by atoms with Gasteiger partial charge in [-0.05, 0) is 13.8 Å². The number of nitrogens with zero attached hydrogens (tertiary/aromatic N) is 1. The van der Waals surface area contributed by atoms with Crippen molar-refractivity contribution in [1.82, 2.24) is 4.98 Å². The van der Waals surface area contributed by atoms with Crippen molar-refractivity contribution in [2.24, 2.45) is 0 Å². The van der Waals surface area contributed by atoms with E-state index in [0.717, 1.165) is 11.3 Å². The molecule has 0 saturated heterocycles. The van der Waals surface area contributed by atoms with Gasteiger partial charge >= 0.3 is 5.97 Å². The van der Waals surface area contributed by atoms with Crippen molar-refractivity contribution in [3.63, 3.8) is 0 Å². The summed E-state index contributed by atoms with van der Waals surface area (Å²) < 4.78 is 4.69. The topological polar surface area (TPSA) is 106 Å². The highest BCUT2D eigenvalue weighted by Crippen LogP contribution is 2.29. The fourth-order valence-corrected chi connectivity index (χ4v) is 2.26. The standard InChI is InChI=1S/C10H16N2O4S/c1-3-16-7(14)4-6(13)8(15)9-5(2)12-10(11)17-9/h6,8,13,15H,3-4H2,1-2H3,(H2,11,12). The molecule has 4 N–H and O–H groups in total. The largest absolute Gasteiger partial charge is 0.466 e. The molecule has 0 radical (unpaired) electrons. The van der Waals surface area contributed by atoms with Crippen LogP contribution in [0.5, 0.6) is 0 Å². The number of hydrogen-bond acceptors (Lipinski definition) is 7. The number of aryl methyl sites for hydroxylation is 1. The van der Waals surface area contributed by atoms with Crippen molar-refractivity contribution >= 4 is 22.4 Å². The van der Waals surface area contributed by atoms with Crippen LogP contribution < -0.4 is 5.73 Å². The number of ether oxygens (including phenoxy) is 1. The summed E-state index contributed by atoms with van der Waals surface area (Å²) in [5.74, 6) is -0.547. The van der Waals surface area contributed by atoms with Crippen molar-refractivity contribution in [2.45, 2.75) is 32.5 Å². The van der Waals surface area contributed by atoms with Gasteiger partial charge in [0.1, 0.15) is 6.10 Å². The van der Waals surface area contributed by atoms with Gasteiger partial charge in [0.25, 0.3) is 0 Å². The summed E-state index contributed by atoms with van der Waals surface area (Å²) in [7, 11) is 0. The van der Waals surface area contributed by atoms with Crippen LogP contribution in [-0.2, 0) is 9.53 Å². The van der Waals surface area contributed by atoms with Crippen molar-refractivity contribution in [1.29, 1.82) is 0 Å². The smallest absolute Gasteiger partial charge is 0.308 e. The number of carbonyl (C=O) groups excluding carboxylic acids is 1. The van der Waals surface area contributed by atoms with Gasteiger partial charge in [0.05, 0.1) is 29.7 Å². The molecule has 0 saturated carbocycles. The Morgan fingerprint density at radius 3 is 2.71 bits per heavy atom. The number of thiazole rings is 1. The van der Waals surface area contributed by atoms with Gasteiger partial charge in [-0.1, -0.05) is 11.3 Å². The Hall–Kier alpha value is -1.18. The number of anilines is 1. The quantitative estimate of drug-likeness (QED) is 0.661. The fraction of sp³-hybridized carbons (Fsp3) is 0.600. The maximum Gasteiger partial charge on any atom is 0.308 e. The molecule has 7 heteroatoms. The lowest BCUT2D eigenvalue weighted by Gasteiger charge is -2.16. The molecule has 0 aliphatic rings. The van der Waals surface area contributed by atoms with E-state index in [1.54, 1.807) is 13.8 Å². The van der Waals surface area contributed by atoms with Crippen molar-refractivity contribution < 1.29 is 19.7 Å². The van der Waals surface area contributed by atoms with Gasteiger partial charge in [0.2, 0.25) is 0 Å². The number of esters is 1. The van der Waals surface area contributed by atoms with Gasteiger partial charge in [0.15, 0.2) is 5.13 Å². The maximum atomic E-state index is 11.1. The van der Waals surface area contributed by atoms with Gasteiger partial charge in [-0.2, -0.15) is 0 Å². The highest BCUT2D eigenvalue weighted by Gasteiger charge is 2.25. The second-order valence-corrected chi connectivity index (χ2v) is 4.59. The molecule has 1 aromatic heterocycles. The van der Waals surface area contributed by atoms with Crippen molar-refractivity contribution in [3.8, 4) is 0 Å². The van der Waals surface area contributed by atoms with Gasteiger partial charge in [0, 0.05) is 0 Å². The van der Waals surface area contributed by atoms with Crippen LogP contribution in [0.1, 0.15) is 30.0 Å². The zero-order chi connectivity index (χ0) is 13.0. The van der Waals surface area contributed by atoms with E-state index in [1.165, 1.54) is 0 Å². The van der Waals surface area contributed by atoms with Crippen LogP contribution in [0.15, 0.2) is 0 Å². The molecular weight excluding hydrogens is 244 g/mol. The highest BCUT2D eigenvalue weighted by atomic mass is 32.1. The Morgan fingerprint density at radius 2 is 2.24 bits per heavy atom. The first kappa shape index (κ1) is 13.9. The van der Waals surface area contributed by atoms with Crippen LogP contribution in [0.2, 0.25) is 0 Å². The predicted octanol–water partition coefficient (Wildman–Crippen LogP) is 0.381. The van der Waals surface area contributed by atoms with Gasteiger partial charge in [-0.15, -0.1) is 0 Å². The Morgan fingerprint density at radius 1 is 1.59 bits per heavy atom. The average Bonchev–Trinajstić information content (AvgIpc) is 2.56.